The molecule has 22 heavy (non-hydrogen) atoms. The molecule has 1 amide bonds. The minimum Gasteiger partial charge on any atom is -0.399 e. The van der Waals surface area contributed by atoms with E-state index in [2.05, 4.69) is 4.98 Å². The number of pyridine rings is 1. The monoisotopic (exact) mass is 302 g/mol. The first-order valence-corrected chi connectivity index (χ1v) is 7.61. The molecule has 1 aromatic heterocycles. The van der Waals surface area contributed by atoms with Gasteiger partial charge in [0.05, 0.1) is 16.6 Å². The van der Waals surface area contributed by atoms with E-state index in [-0.39, 0.29) is 5.91 Å². The highest BCUT2D eigenvalue weighted by molar-refractivity contribution is 6.62. The van der Waals surface area contributed by atoms with E-state index in [1.807, 2.05) is 47.6 Å². The lowest BCUT2D eigenvalue weighted by atomic mass is 9.77. The van der Waals surface area contributed by atoms with E-state index in [1.54, 1.807) is 18.1 Å². The second-order valence-corrected chi connectivity index (χ2v) is 7.72. The molecular weight excluding hydrogens is 279 g/mol. The van der Waals surface area contributed by atoms with Gasteiger partial charge in [-0.1, -0.05) is 6.07 Å². The maximum Gasteiger partial charge on any atom is 0.496 e. The number of carbonyl (C=O) groups excluding carboxylic acids is 1. The number of rotatable bonds is 1. The number of nitrogens with zero attached hydrogens (tertiary/aromatic N) is 2. The van der Waals surface area contributed by atoms with Crippen LogP contribution >= 0.6 is 0 Å². The number of hydrogen-bond acceptors (Lipinski definition) is 4. The van der Waals surface area contributed by atoms with Gasteiger partial charge in [0.1, 0.15) is 5.82 Å². The highest BCUT2D eigenvalue weighted by Gasteiger charge is 2.52. The predicted octanol–water partition coefficient (Wildman–Crippen LogP) is 1.63. The Balaban J connectivity index is 2.01. The zero-order chi connectivity index (χ0) is 16.5. The van der Waals surface area contributed by atoms with Crippen molar-refractivity contribution in [3.8, 4) is 0 Å². The molecule has 0 atom stereocenters. The van der Waals surface area contributed by atoms with Crippen LogP contribution in [0.3, 0.4) is 0 Å². The second kappa shape index (κ2) is 4.33. The Hall–Kier alpha value is -1.40. The van der Waals surface area contributed by atoms with Gasteiger partial charge in [0.15, 0.2) is 0 Å². The van der Waals surface area contributed by atoms with Gasteiger partial charge < -0.3 is 9.31 Å². The highest BCUT2D eigenvalue weighted by Crippen LogP contribution is 2.40. The van der Waals surface area contributed by atoms with Crippen molar-refractivity contribution >= 4 is 24.3 Å². The molecule has 0 radical (unpaired) electrons. The van der Waals surface area contributed by atoms with Crippen LogP contribution in [0.4, 0.5) is 5.82 Å². The van der Waals surface area contributed by atoms with E-state index in [4.69, 9.17) is 9.31 Å². The van der Waals surface area contributed by atoms with E-state index in [1.165, 1.54) is 0 Å². The van der Waals surface area contributed by atoms with Crippen LogP contribution in [0.1, 0.15) is 47.1 Å². The lowest BCUT2D eigenvalue weighted by Crippen LogP contribution is -2.41. The Morgan fingerprint density at radius 1 is 1.09 bits per heavy atom. The largest absolute Gasteiger partial charge is 0.496 e. The molecule has 6 heteroatoms. The third kappa shape index (κ3) is 1.93. The topological polar surface area (TPSA) is 51.7 Å². The third-order valence-electron chi connectivity index (χ3n) is 5.24. The zero-order valence-corrected chi connectivity index (χ0v) is 14.4. The molecule has 0 spiro atoms. The van der Waals surface area contributed by atoms with Crippen LogP contribution in [0.2, 0.25) is 0 Å². The van der Waals surface area contributed by atoms with Gasteiger partial charge in [-0.2, -0.15) is 0 Å². The fourth-order valence-electron chi connectivity index (χ4n) is 2.94. The number of fused-ring (bicyclic) bond motifs is 1. The molecule has 0 aromatic carbocycles. The van der Waals surface area contributed by atoms with Crippen LogP contribution in [0, 0.1) is 0 Å². The number of likely N-dealkylation sites (N-methyl/N-ethyl adjacent to an activating group) is 1. The molecule has 0 bridgehead atoms. The van der Waals surface area contributed by atoms with Gasteiger partial charge >= 0.3 is 7.12 Å². The summed E-state index contributed by atoms with van der Waals surface area (Å²) in [6.07, 6.45) is 1.74. The molecule has 3 rings (SSSR count). The molecule has 0 saturated carbocycles. The van der Waals surface area contributed by atoms with E-state index >= 15 is 0 Å². The summed E-state index contributed by atoms with van der Waals surface area (Å²) in [6.45, 7) is 11.9. The van der Waals surface area contributed by atoms with Gasteiger partial charge in [-0.25, -0.2) is 4.98 Å². The molecule has 2 aliphatic rings. The molecular formula is C16H23BN2O3. The van der Waals surface area contributed by atoms with Crippen molar-refractivity contribution in [2.45, 2.75) is 58.2 Å². The van der Waals surface area contributed by atoms with Gasteiger partial charge in [0.25, 0.3) is 0 Å². The van der Waals surface area contributed by atoms with Gasteiger partial charge in [-0.3, -0.25) is 9.69 Å². The van der Waals surface area contributed by atoms with Crippen molar-refractivity contribution in [1.29, 1.82) is 0 Å². The van der Waals surface area contributed by atoms with Crippen LogP contribution in [0.5, 0.6) is 0 Å². The minimum absolute atomic E-state index is 0.0565. The SMILES string of the molecule is CN1C(=O)C(C)(C)c2cc(B3OC(C)(C)C(C)(C)O3)cnc21. The average molecular weight is 302 g/mol. The Labute approximate surface area is 132 Å². The van der Waals surface area contributed by atoms with Crippen LogP contribution in [0.25, 0.3) is 0 Å². The second-order valence-electron chi connectivity index (χ2n) is 7.72. The number of anilines is 1. The fraction of sp³-hybridized carbons (Fsp3) is 0.625. The third-order valence-corrected chi connectivity index (χ3v) is 5.24. The summed E-state index contributed by atoms with van der Waals surface area (Å²) in [5.74, 6) is 0.774. The molecule has 1 saturated heterocycles. The van der Waals surface area contributed by atoms with Gasteiger partial charge in [0, 0.05) is 24.3 Å². The summed E-state index contributed by atoms with van der Waals surface area (Å²) in [6, 6.07) is 1.99. The lowest BCUT2D eigenvalue weighted by molar-refractivity contribution is -0.121. The molecule has 5 nitrogen and oxygen atoms in total. The Morgan fingerprint density at radius 3 is 2.18 bits per heavy atom. The van der Waals surface area contributed by atoms with E-state index < -0.39 is 23.7 Å². The highest BCUT2D eigenvalue weighted by atomic mass is 16.7. The quantitative estimate of drug-likeness (QED) is 0.740. The molecule has 1 aromatic rings. The zero-order valence-electron chi connectivity index (χ0n) is 14.4. The number of hydrogen-bond donors (Lipinski definition) is 0. The molecule has 118 valence electrons. The van der Waals surface area contributed by atoms with Crippen molar-refractivity contribution in [3.63, 3.8) is 0 Å². The predicted molar refractivity (Wildman–Crippen MR) is 86.4 cm³/mol. The average Bonchev–Trinajstić information content (AvgIpc) is 2.73. The Kier molecular flexibility index (Phi) is 3.05. The number of carbonyl (C=O) groups is 1. The van der Waals surface area contributed by atoms with Crippen molar-refractivity contribution < 1.29 is 14.1 Å². The maximum atomic E-state index is 12.3. The van der Waals surface area contributed by atoms with Crippen LogP contribution in [-0.4, -0.2) is 36.3 Å². The van der Waals surface area contributed by atoms with E-state index in [0.717, 1.165) is 16.8 Å². The van der Waals surface area contributed by atoms with E-state index in [9.17, 15) is 4.79 Å². The van der Waals surface area contributed by atoms with Crippen LogP contribution in [-0.2, 0) is 19.5 Å². The molecule has 0 unspecified atom stereocenters. The Bertz CT molecular complexity index is 639. The molecule has 0 aliphatic carbocycles. The lowest BCUT2D eigenvalue weighted by Gasteiger charge is -2.32. The first-order valence-electron chi connectivity index (χ1n) is 7.61. The van der Waals surface area contributed by atoms with Crippen molar-refractivity contribution in [2.24, 2.45) is 0 Å². The normalized spacial score (nSPS) is 24.8. The maximum absolute atomic E-state index is 12.3. The van der Waals surface area contributed by atoms with Gasteiger partial charge in [0.2, 0.25) is 5.91 Å². The summed E-state index contributed by atoms with van der Waals surface area (Å²) in [5, 5.41) is 0. The fourth-order valence-corrected chi connectivity index (χ4v) is 2.94. The van der Waals surface area contributed by atoms with E-state index in [0.29, 0.717) is 0 Å². The molecule has 2 aliphatic heterocycles. The number of aromatic nitrogens is 1. The first kappa shape index (κ1) is 15.5. The van der Waals surface area contributed by atoms with Crippen molar-refractivity contribution in [3.05, 3.63) is 17.8 Å². The Morgan fingerprint density at radius 2 is 1.64 bits per heavy atom. The van der Waals surface area contributed by atoms with Crippen LogP contribution < -0.4 is 10.4 Å². The molecule has 0 N–H and O–H groups in total. The van der Waals surface area contributed by atoms with Gasteiger partial charge in [-0.05, 0) is 41.5 Å². The van der Waals surface area contributed by atoms with Gasteiger partial charge in [-0.15, -0.1) is 0 Å². The van der Waals surface area contributed by atoms with Crippen molar-refractivity contribution in [1.82, 2.24) is 4.98 Å². The summed E-state index contributed by atoms with van der Waals surface area (Å²) < 4.78 is 12.1. The molecule has 3 heterocycles. The standard InChI is InChI=1S/C16H23BN2O3/c1-14(2)11-8-10(9-18-12(11)19(7)13(14)20)17-21-15(3,4)16(5,6)22-17/h8-9H,1-7H3. The minimum atomic E-state index is -0.573. The molecule has 1 fully saturated rings. The van der Waals surface area contributed by atoms with Crippen LogP contribution in [0.15, 0.2) is 12.3 Å². The summed E-state index contributed by atoms with van der Waals surface area (Å²) in [4.78, 5) is 18.4. The van der Waals surface area contributed by atoms with Crippen molar-refractivity contribution in [2.75, 3.05) is 11.9 Å². The first-order chi connectivity index (χ1) is 9.97. The summed E-state index contributed by atoms with van der Waals surface area (Å²) >= 11 is 0. The summed E-state index contributed by atoms with van der Waals surface area (Å²) in [5.41, 5.74) is 0.426. The summed E-state index contributed by atoms with van der Waals surface area (Å²) in [7, 11) is 1.30. The smallest absolute Gasteiger partial charge is 0.399 e. The number of amides is 1.